The van der Waals surface area contributed by atoms with Crippen molar-refractivity contribution in [2.75, 3.05) is 32.9 Å². The first-order chi connectivity index (χ1) is 18.7. The van der Waals surface area contributed by atoms with E-state index in [0.717, 1.165) is 12.7 Å². The summed E-state index contributed by atoms with van der Waals surface area (Å²) < 4.78 is 43.1. The summed E-state index contributed by atoms with van der Waals surface area (Å²) in [6.45, 7) is 5.62. The molecule has 0 bridgehead atoms. The van der Waals surface area contributed by atoms with Gasteiger partial charge in [-0.1, -0.05) is 16.8 Å². The topological polar surface area (TPSA) is 103 Å². The lowest BCUT2D eigenvalue weighted by Crippen LogP contribution is -2.55. The standard InChI is InChI=1S/C26H28ClF2N7O3/c1-15-24(32-33-36(15)21-5-6-34(11-20(21)29)18-12-38-13-18)16-7-22(25-19(27)9-31-35(25)10-16)39-14-26(2,37)23-4-3-17(28)8-30-23/h3-4,7-10,18,20-21,37H,5-6,11-14H2,1-2H3/t20-,21?,26+/m0/s1. The van der Waals surface area contributed by atoms with Crippen molar-refractivity contribution < 1.29 is 23.4 Å². The molecule has 2 saturated heterocycles. The van der Waals surface area contributed by atoms with Crippen molar-refractivity contribution in [3.8, 4) is 17.0 Å². The van der Waals surface area contributed by atoms with Crippen LogP contribution >= 0.6 is 11.6 Å². The van der Waals surface area contributed by atoms with Crippen LogP contribution in [0.1, 0.15) is 30.8 Å². The van der Waals surface area contributed by atoms with Gasteiger partial charge in [0.2, 0.25) is 0 Å². The Bertz CT molecular complexity index is 1490. The van der Waals surface area contributed by atoms with Gasteiger partial charge in [0.15, 0.2) is 0 Å². The molecule has 1 unspecified atom stereocenters. The average Bonchev–Trinajstić information content (AvgIpc) is 3.44. The molecule has 6 rings (SSSR count). The molecule has 1 N–H and O–H groups in total. The Balaban J connectivity index is 1.27. The largest absolute Gasteiger partial charge is 0.488 e. The Morgan fingerprint density at radius 3 is 2.79 bits per heavy atom. The molecule has 0 aromatic carbocycles. The monoisotopic (exact) mass is 559 g/mol. The zero-order valence-electron chi connectivity index (χ0n) is 21.5. The summed E-state index contributed by atoms with van der Waals surface area (Å²) in [5.74, 6) is -0.150. The van der Waals surface area contributed by atoms with Gasteiger partial charge >= 0.3 is 0 Å². The molecule has 0 radical (unpaired) electrons. The van der Waals surface area contributed by atoms with Crippen LogP contribution in [0.25, 0.3) is 16.8 Å². The second kappa shape index (κ2) is 10.1. The van der Waals surface area contributed by atoms with E-state index in [1.807, 2.05) is 6.92 Å². The van der Waals surface area contributed by atoms with E-state index in [0.29, 0.717) is 65.5 Å². The van der Waals surface area contributed by atoms with Crippen LogP contribution in [-0.2, 0) is 10.3 Å². The lowest BCUT2D eigenvalue weighted by molar-refractivity contribution is -0.0849. The van der Waals surface area contributed by atoms with E-state index < -0.39 is 23.6 Å². The van der Waals surface area contributed by atoms with E-state index in [9.17, 15) is 9.50 Å². The predicted molar refractivity (Wildman–Crippen MR) is 138 cm³/mol. The number of hydrogen-bond acceptors (Lipinski definition) is 8. The number of ether oxygens (including phenoxy) is 2. The molecule has 10 nitrogen and oxygen atoms in total. The summed E-state index contributed by atoms with van der Waals surface area (Å²) in [6, 6.07) is 4.25. The number of aromatic nitrogens is 6. The molecule has 0 aliphatic carbocycles. The number of alkyl halides is 1. The van der Waals surface area contributed by atoms with Gasteiger partial charge in [0.1, 0.15) is 41.2 Å². The maximum absolute atomic E-state index is 15.3. The van der Waals surface area contributed by atoms with Gasteiger partial charge in [-0.2, -0.15) is 5.10 Å². The second-order valence-corrected chi connectivity index (χ2v) is 10.7. The van der Waals surface area contributed by atoms with Crippen LogP contribution in [0.2, 0.25) is 5.02 Å². The molecule has 13 heteroatoms. The molecule has 0 amide bonds. The number of rotatable bonds is 7. The van der Waals surface area contributed by atoms with E-state index in [2.05, 4.69) is 25.3 Å². The fourth-order valence-corrected chi connectivity index (χ4v) is 5.38. The average molecular weight is 560 g/mol. The van der Waals surface area contributed by atoms with E-state index in [1.54, 1.807) is 21.5 Å². The molecule has 2 fully saturated rings. The van der Waals surface area contributed by atoms with Crippen LogP contribution in [0.5, 0.6) is 5.75 Å². The lowest BCUT2D eigenvalue weighted by Gasteiger charge is -2.42. The van der Waals surface area contributed by atoms with Crippen molar-refractivity contribution in [2.24, 2.45) is 0 Å². The van der Waals surface area contributed by atoms with Crippen LogP contribution in [0.4, 0.5) is 8.78 Å². The highest BCUT2D eigenvalue weighted by atomic mass is 35.5. The summed E-state index contributed by atoms with van der Waals surface area (Å²) >= 11 is 6.40. The Morgan fingerprint density at radius 2 is 2.10 bits per heavy atom. The first-order valence-electron chi connectivity index (χ1n) is 12.7. The Labute approximate surface area is 228 Å². The maximum atomic E-state index is 15.3. The van der Waals surface area contributed by atoms with E-state index in [4.69, 9.17) is 21.1 Å². The highest BCUT2D eigenvalue weighted by Crippen LogP contribution is 2.35. The lowest BCUT2D eigenvalue weighted by atomic mass is 10.00. The van der Waals surface area contributed by atoms with Crippen molar-refractivity contribution in [3.05, 3.63) is 59.0 Å². The third-order valence-electron chi connectivity index (χ3n) is 7.51. The minimum atomic E-state index is -1.51. The van der Waals surface area contributed by atoms with Crippen molar-refractivity contribution >= 4 is 17.1 Å². The highest BCUT2D eigenvalue weighted by molar-refractivity contribution is 6.34. The number of piperidine rings is 1. The fraction of sp³-hybridized carbons (Fsp3) is 0.462. The number of fused-ring (bicyclic) bond motifs is 1. The van der Waals surface area contributed by atoms with Crippen LogP contribution in [0.3, 0.4) is 0 Å². The van der Waals surface area contributed by atoms with E-state index >= 15 is 4.39 Å². The summed E-state index contributed by atoms with van der Waals surface area (Å²) in [4.78, 5) is 6.12. The molecule has 206 valence electrons. The smallest absolute Gasteiger partial charge is 0.147 e. The molecule has 6 heterocycles. The number of aliphatic hydroxyl groups is 1. The molecular weight excluding hydrogens is 532 g/mol. The third kappa shape index (κ3) is 4.86. The van der Waals surface area contributed by atoms with Gasteiger partial charge in [-0.15, -0.1) is 5.10 Å². The minimum absolute atomic E-state index is 0.188. The minimum Gasteiger partial charge on any atom is -0.488 e. The first kappa shape index (κ1) is 26.1. The van der Waals surface area contributed by atoms with Gasteiger partial charge in [-0.3, -0.25) is 9.88 Å². The van der Waals surface area contributed by atoms with Crippen molar-refractivity contribution in [1.29, 1.82) is 0 Å². The molecule has 4 aromatic rings. The molecule has 39 heavy (non-hydrogen) atoms. The maximum Gasteiger partial charge on any atom is 0.147 e. The highest BCUT2D eigenvalue weighted by Gasteiger charge is 2.37. The van der Waals surface area contributed by atoms with Gasteiger partial charge in [-0.25, -0.2) is 18.0 Å². The van der Waals surface area contributed by atoms with Crippen molar-refractivity contribution in [2.45, 2.75) is 44.1 Å². The van der Waals surface area contributed by atoms with Gasteiger partial charge in [-0.05, 0) is 38.5 Å². The first-order valence-corrected chi connectivity index (χ1v) is 13.1. The van der Waals surface area contributed by atoms with Crippen LogP contribution in [0.15, 0.2) is 36.8 Å². The molecule has 0 saturated carbocycles. The summed E-state index contributed by atoms with van der Waals surface area (Å²) in [5.41, 5.74) is 1.16. The summed E-state index contributed by atoms with van der Waals surface area (Å²) in [6.07, 6.45) is 3.82. The second-order valence-electron chi connectivity index (χ2n) is 10.3. The van der Waals surface area contributed by atoms with Gasteiger partial charge < -0.3 is 14.6 Å². The molecule has 4 aromatic heterocycles. The quantitative estimate of drug-likeness (QED) is 0.368. The summed E-state index contributed by atoms with van der Waals surface area (Å²) in [5, 5.41) is 24.4. The molecule has 3 atom stereocenters. The molecular formula is C26H28ClF2N7O3. The number of halogens is 3. The third-order valence-corrected chi connectivity index (χ3v) is 7.79. The molecule has 2 aliphatic rings. The summed E-state index contributed by atoms with van der Waals surface area (Å²) in [7, 11) is 0. The van der Waals surface area contributed by atoms with Gasteiger partial charge in [0.05, 0.1) is 54.1 Å². The SMILES string of the molecule is Cc1c(-c2cc(OC[C@@](C)(O)c3ccc(F)cn3)c3c(Cl)cnn3c2)nnn1C1CCN(C2COC2)C[C@@H]1F. The molecule has 0 spiro atoms. The Hall–Kier alpha value is -3.19. The predicted octanol–water partition coefficient (Wildman–Crippen LogP) is 3.36. The molecule has 2 aliphatic heterocycles. The van der Waals surface area contributed by atoms with Crippen molar-refractivity contribution in [1.82, 2.24) is 34.5 Å². The van der Waals surface area contributed by atoms with Gasteiger partial charge in [0, 0.05) is 24.8 Å². The van der Waals surface area contributed by atoms with E-state index in [-0.39, 0.29) is 12.3 Å². The van der Waals surface area contributed by atoms with Crippen LogP contribution in [-0.4, -0.2) is 84.7 Å². The zero-order valence-corrected chi connectivity index (χ0v) is 22.2. The van der Waals surface area contributed by atoms with Crippen LogP contribution in [0, 0.1) is 12.7 Å². The Kier molecular flexibility index (Phi) is 6.74. The van der Waals surface area contributed by atoms with E-state index in [1.165, 1.54) is 25.3 Å². The van der Waals surface area contributed by atoms with Gasteiger partial charge in [0.25, 0.3) is 0 Å². The normalized spacial score (nSPS) is 22.1. The number of likely N-dealkylation sites (tertiary alicyclic amines) is 1. The Morgan fingerprint density at radius 1 is 1.28 bits per heavy atom. The number of pyridine rings is 2. The van der Waals surface area contributed by atoms with Crippen LogP contribution < -0.4 is 4.74 Å². The zero-order chi connectivity index (χ0) is 27.3. The fourth-order valence-electron chi connectivity index (χ4n) is 5.15. The number of nitrogens with zero attached hydrogens (tertiary/aromatic N) is 7. The number of hydrogen-bond donors (Lipinski definition) is 1. The van der Waals surface area contributed by atoms with Crippen molar-refractivity contribution in [3.63, 3.8) is 0 Å².